The normalized spacial score (nSPS) is 29.8. The molecule has 1 N–H and O–H groups in total. The highest BCUT2D eigenvalue weighted by atomic mass is 32.1. The molecule has 1 nitrogen and oxygen atoms in total. The Kier molecular flexibility index (Phi) is 3.70. The van der Waals surface area contributed by atoms with Crippen molar-refractivity contribution in [1.29, 1.82) is 0 Å². The molecule has 2 unspecified atom stereocenters. The molecule has 90 valence electrons. The predicted molar refractivity (Wildman–Crippen MR) is 70.0 cm³/mol. The van der Waals surface area contributed by atoms with Gasteiger partial charge in [-0.2, -0.15) is 0 Å². The van der Waals surface area contributed by atoms with E-state index in [4.69, 9.17) is 0 Å². The van der Waals surface area contributed by atoms with Crippen LogP contribution in [0.2, 0.25) is 0 Å². The lowest BCUT2D eigenvalue weighted by Crippen LogP contribution is -2.27. The highest BCUT2D eigenvalue weighted by molar-refractivity contribution is 7.12. The predicted octanol–water partition coefficient (Wildman–Crippen LogP) is 3.79. The van der Waals surface area contributed by atoms with E-state index in [1.54, 1.807) is 0 Å². The Labute approximate surface area is 103 Å². The maximum Gasteiger partial charge on any atom is 0.0698 e. The van der Waals surface area contributed by atoms with Gasteiger partial charge in [-0.1, -0.05) is 20.3 Å². The van der Waals surface area contributed by atoms with Crippen molar-refractivity contribution in [3.8, 4) is 0 Å². The molecule has 0 aromatic carbocycles. The van der Waals surface area contributed by atoms with Crippen LogP contribution >= 0.6 is 11.3 Å². The summed E-state index contributed by atoms with van der Waals surface area (Å²) in [5.41, 5.74) is -0.406. The van der Waals surface area contributed by atoms with Crippen LogP contribution in [0, 0.1) is 5.92 Å². The zero-order valence-corrected chi connectivity index (χ0v) is 11.1. The van der Waals surface area contributed by atoms with Gasteiger partial charge in [0.1, 0.15) is 0 Å². The summed E-state index contributed by atoms with van der Waals surface area (Å²) < 4.78 is 0. The molecule has 1 aromatic heterocycles. The van der Waals surface area contributed by atoms with Crippen molar-refractivity contribution in [2.75, 3.05) is 0 Å². The Hall–Kier alpha value is -0.340. The zero-order chi connectivity index (χ0) is 11.6. The van der Waals surface area contributed by atoms with Gasteiger partial charge < -0.3 is 5.11 Å². The number of rotatable bonds is 4. The maximum atomic E-state index is 10.5. The molecule has 2 atom stereocenters. The van der Waals surface area contributed by atoms with Crippen LogP contribution < -0.4 is 0 Å². The van der Waals surface area contributed by atoms with Crippen molar-refractivity contribution in [3.63, 3.8) is 0 Å². The summed E-state index contributed by atoms with van der Waals surface area (Å²) >= 11 is 1.87. The summed E-state index contributed by atoms with van der Waals surface area (Å²) in [5.74, 6) is 0.746. The highest BCUT2D eigenvalue weighted by Crippen LogP contribution is 2.39. The fourth-order valence-corrected chi connectivity index (χ4v) is 3.85. The van der Waals surface area contributed by atoms with E-state index in [2.05, 4.69) is 26.0 Å². The molecule has 0 saturated heterocycles. The summed E-state index contributed by atoms with van der Waals surface area (Å²) in [6.07, 6.45) is 6.40. The number of aryl methyl sites for hydroxylation is 1. The first-order chi connectivity index (χ1) is 7.65. The summed E-state index contributed by atoms with van der Waals surface area (Å²) in [4.78, 5) is 2.79. The Balaban J connectivity index is 1.98. The number of hydrogen-bond donors (Lipinski definition) is 1. The van der Waals surface area contributed by atoms with Crippen LogP contribution in [-0.2, 0) is 12.8 Å². The van der Waals surface area contributed by atoms with Gasteiger partial charge in [0.2, 0.25) is 0 Å². The Bertz CT molecular complexity index is 344. The average molecular weight is 238 g/mol. The quantitative estimate of drug-likeness (QED) is 0.846. The van der Waals surface area contributed by atoms with Gasteiger partial charge in [-0.3, -0.25) is 0 Å². The van der Waals surface area contributed by atoms with Crippen molar-refractivity contribution in [1.82, 2.24) is 0 Å². The summed E-state index contributed by atoms with van der Waals surface area (Å²) in [5, 5.41) is 10.5. The summed E-state index contributed by atoms with van der Waals surface area (Å²) in [7, 11) is 0. The second kappa shape index (κ2) is 4.89. The van der Waals surface area contributed by atoms with Crippen LogP contribution in [0.5, 0.6) is 0 Å². The minimum atomic E-state index is -0.406. The Morgan fingerprint density at radius 2 is 2.12 bits per heavy atom. The van der Waals surface area contributed by atoms with Gasteiger partial charge >= 0.3 is 0 Å². The van der Waals surface area contributed by atoms with Gasteiger partial charge in [-0.05, 0) is 43.7 Å². The lowest BCUT2D eigenvalue weighted by molar-refractivity contribution is 0.0445. The van der Waals surface area contributed by atoms with Crippen molar-refractivity contribution in [3.05, 3.63) is 21.9 Å². The molecule has 1 aliphatic carbocycles. The van der Waals surface area contributed by atoms with Gasteiger partial charge in [-0.15, -0.1) is 11.3 Å². The van der Waals surface area contributed by atoms with Crippen molar-refractivity contribution in [2.45, 2.75) is 58.0 Å². The SMILES string of the molecule is CCc1ccc(CC2(O)CCC(CC)C2)s1. The fraction of sp³-hybridized carbons (Fsp3) is 0.714. The second-order valence-corrected chi connectivity index (χ2v) is 6.39. The number of hydrogen-bond acceptors (Lipinski definition) is 2. The van der Waals surface area contributed by atoms with Crippen molar-refractivity contribution < 1.29 is 5.11 Å². The first kappa shape index (κ1) is 12.1. The molecule has 1 fully saturated rings. The Morgan fingerprint density at radius 1 is 1.38 bits per heavy atom. The summed E-state index contributed by atoms with van der Waals surface area (Å²) in [6, 6.07) is 4.40. The van der Waals surface area contributed by atoms with Gasteiger partial charge in [0.15, 0.2) is 0 Å². The van der Waals surface area contributed by atoms with Gasteiger partial charge in [-0.25, -0.2) is 0 Å². The third-order valence-corrected chi connectivity index (χ3v) is 5.06. The van der Waals surface area contributed by atoms with Gasteiger partial charge in [0.05, 0.1) is 5.60 Å². The van der Waals surface area contributed by atoms with Crippen LogP contribution in [0.4, 0.5) is 0 Å². The van der Waals surface area contributed by atoms with Crippen LogP contribution in [0.25, 0.3) is 0 Å². The van der Waals surface area contributed by atoms with E-state index in [9.17, 15) is 5.11 Å². The van der Waals surface area contributed by atoms with Crippen molar-refractivity contribution in [2.24, 2.45) is 5.92 Å². The van der Waals surface area contributed by atoms with E-state index in [1.165, 1.54) is 22.6 Å². The molecule has 0 aliphatic heterocycles. The topological polar surface area (TPSA) is 20.2 Å². The van der Waals surface area contributed by atoms with E-state index < -0.39 is 5.60 Å². The molecule has 1 heterocycles. The maximum absolute atomic E-state index is 10.5. The van der Waals surface area contributed by atoms with Crippen LogP contribution in [0.1, 0.15) is 49.3 Å². The lowest BCUT2D eigenvalue weighted by atomic mass is 9.95. The van der Waals surface area contributed by atoms with E-state index >= 15 is 0 Å². The number of thiophene rings is 1. The second-order valence-electron chi connectivity index (χ2n) is 5.14. The minimum absolute atomic E-state index is 0.406. The molecule has 2 heteroatoms. The molecule has 1 saturated carbocycles. The molecule has 2 rings (SSSR count). The van der Waals surface area contributed by atoms with Gasteiger partial charge in [0.25, 0.3) is 0 Å². The molecule has 0 spiro atoms. The third-order valence-electron chi connectivity index (χ3n) is 3.83. The smallest absolute Gasteiger partial charge is 0.0698 e. The third kappa shape index (κ3) is 2.67. The lowest BCUT2D eigenvalue weighted by Gasteiger charge is -2.21. The molecule has 0 radical (unpaired) electrons. The van der Waals surface area contributed by atoms with E-state index in [0.717, 1.165) is 31.6 Å². The van der Waals surface area contributed by atoms with Crippen LogP contribution in [0.3, 0.4) is 0 Å². The van der Waals surface area contributed by atoms with E-state index in [-0.39, 0.29) is 0 Å². The molecule has 16 heavy (non-hydrogen) atoms. The fourth-order valence-electron chi connectivity index (χ4n) is 2.75. The summed E-state index contributed by atoms with van der Waals surface area (Å²) in [6.45, 7) is 4.42. The monoisotopic (exact) mass is 238 g/mol. The molecular weight excluding hydrogens is 216 g/mol. The van der Waals surface area contributed by atoms with E-state index in [0.29, 0.717) is 0 Å². The largest absolute Gasteiger partial charge is 0.390 e. The molecule has 0 amide bonds. The highest BCUT2D eigenvalue weighted by Gasteiger charge is 2.36. The first-order valence-corrected chi connectivity index (χ1v) is 7.27. The zero-order valence-electron chi connectivity index (χ0n) is 10.3. The molecular formula is C14H22OS. The average Bonchev–Trinajstić information content (AvgIpc) is 2.85. The van der Waals surface area contributed by atoms with Crippen LogP contribution in [-0.4, -0.2) is 10.7 Å². The standard InChI is InChI=1S/C14H22OS/c1-3-11-7-8-14(15,9-11)10-13-6-5-12(4-2)16-13/h5-6,11,15H,3-4,7-10H2,1-2H3. The van der Waals surface area contributed by atoms with E-state index in [1.807, 2.05) is 11.3 Å². The molecule has 1 aliphatic rings. The van der Waals surface area contributed by atoms with Gasteiger partial charge in [0, 0.05) is 16.2 Å². The van der Waals surface area contributed by atoms with Crippen molar-refractivity contribution >= 4 is 11.3 Å². The molecule has 0 bridgehead atoms. The molecule has 1 aromatic rings. The number of aliphatic hydroxyl groups is 1. The van der Waals surface area contributed by atoms with Crippen LogP contribution in [0.15, 0.2) is 12.1 Å². The first-order valence-electron chi connectivity index (χ1n) is 6.45. The Morgan fingerprint density at radius 3 is 2.69 bits per heavy atom. The minimum Gasteiger partial charge on any atom is -0.390 e.